The van der Waals surface area contributed by atoms with Gasteiger partial charge in [-0.15, -0.1) is 0 Å². The van der Waals surface area contributed by atoms with Crippen LogP contribution in [0.15, 0.2) is 0 Å². The van der Waals surface area contributed by atoms with Gasteiger partial charge in [-0.1, -0.05) is 0 Å². The summed E-state index contributed by atoms with van der Waals surface area (Å²) in [6.07, 6.45) is 2.07. The predicted octanol–water partition coefficient (Wildman–Crippen LogP) is 0.0279. The molecule has 0 radical (unpaired) electrons. The molecule has 1 aliphatic rings. The van der Waals surface area contributed by atoms with Gasteiger partial charge >= 0.3 is 0 Å². The fourth-order valence-corrected chi connectivity index (χ4v) is 3.33. The van der Waals surface area contributed by atoms with Crippen LogP contribution in [0.1, 0.15) is 19.3 Å². The van der Waals surface area contributed by atoms with Gasteiger partial charge in [0.25, 0.3) is 0 Å². The van der Waals surface area contributed by atoms with Gasteiger partial charge < -0.3 is 14.6 Å². The molecule has 0 aromatic carbocycles. The average Bonchev–Trinajstić information content (AvgIpc) is 2.29. The average molecular weight is 281 g/mol. The summed E-state index contributed by atoms with van der Waals surface area (Å²) in [7, 11) is -0.190. The van der Waals surface area contributed by atoms with Gasteiger partial charge in [-0.25, -0.2) is 12.7 Å². The number of rotatable bonds is 6. The van der Waals surface area contributed by atoms with E-state index in [4.69, 9.17) is 9.47 Å². The van der Waals surface area contributed by atoms with Gasteiger partial charge in [-0.05, 0) is 25.2 Å². The zero-order valence-electron chi connectivity index (χ0n) is 11.2. The van der Waals surface area contributed by atoms with Crippen LogP contribution in [0.4, 0.5) is 0 Å². The molecule has 0 amide bonds. The van der Waals surface area contributed by atoms with Gasteiger partial charge in [0.1, 0.15) is 6.10 Å². The third-order valence-electron chi connectivity index (χ3n) is 3.30. The van der Waals surface area contributed by atoms with E-state index in [2.05, 4.69) is 0 Å². The number of hydrogen-bond acceptors (Lipinski definition) is 5. The van der Waals surface area contributed by atoms with Gasteiger partial charge in [-0.3, -0.25) is 0 Å². The Morgan fingerprint density at radius 1 is 1.39 bits per heavy atom. The predicted molar refractivity (Wildman–Crippen MR) is 67.6 cm³/mol. The summed E-state index contributed by atoms with van der Waals surface area (Å²) < 4.78 is 34.4. The summed E-state index contributed by atoms with van der Waals surface area (Å²) in [5, 5.41) is 9.93. The zero-order valence-corrected chi connectivity index (χ0v) is 12.0. The molecule has 18 heavy (non-hydrogen) atoms. The molecule has 0 aromatic rings. The van der Waals surface area contributed by atoms with Crippen molar-refractivity contribution in [3.63, 3.8) is 0 Å². The topological polar surface area (TPSA) is 76.1 Å². The molecule has 0 bridgehead atoms. The lowest BCUT2D eigenvalue weighted by atomic mass is 9.93. The molecule has 2 unspecified atom stereocenters. The second kappa shape index (κ2) is 6.81. The second-order valence-corrected chi connectivity index (χ2v) is 6.75. The normalized spacial score (nSPS) is 24.4. The van der Waals surface area contributed by atoms with E-state index in [1.54, 1.807) is 0 Å². The molecule has 0 spiro atoms. The van der Waals surface area contributed by atoms with Crippen LogP contribution in [0.3, 0.4) is 0 Å². The molecule has 108 valence electrons. The number of hydrogen-bond donors (Lipinski definition) is 1. The Bertz CT molecular complexity index is 341. The van der Waals surface area contributed by atoms with E-state index in [0.29, 0.717) is 19.5 Å². The SMILES string of the molecule is COC(OC)C(O)CC1CCCN(S(C)(=O)=O)C1. The lowest BCUT2D eigenvalue weighted by Gasteiger charge is -2.33. The summed E-state index contributed by atoms with van der Waals surface area (Å²) in [6, 6.07) is 0. The van der Waals surface area contributed by atoms with E-state index in [0.717, 1.165) is 12.8 Å². The Morgan fingerprint density at radius 2 is 2.00 bits per heavy atom. The lowest BCUT2D eigenvalue weighted by Crippen LogP contribution is -2.41. The Balaban J connectivity index is 2.52. The molecular formula is C11H23NO5S. The van der Waals surface area contributed by atoms with Crippen LogP contribution in [0, 0.1) is 5.92 Å². The molecule has 1 rings (SSSR count). The van der Waals surface area contributed by atoms with Crippen molar-refractivity contribution < 1.29 is 23.0 Å². The van der Waals surface area contributed by atoms with Gasteiger partial charge in [-0.2, -0.15) is 0 Å². The molecule has 2 atom stereocenters. The summed E-state index contributed by atoms with van der Waals surface area (Å²) in [4.78, 5) is 0. The molecule has 1 heterocycles. The van der Waals surface area contributed by atoms with Gasteiger partial charge in [0, 0.05) is 27.3 Å². The number of sulfonamides is 1. The highest BCUT2D eigenvalue weighted by molar-refractivity contribution is 7.88. The second-order valence-electron chi connectivity index (χ2n) is 4.77. The fraction of sp³-hybridized carbons (Fsp3) is 1.00. The first kappa shape index (κ1) is 15.8. The maximum absolute atomic E-state index is 11.5. The standard InChI is InChI=1S/C11H23NO5S/c1-16-11(17-2)10(13)7-9-5-4-6-12(8-9)18(3,14)15/h9-11,13H,4-8H2,1-3H3. The van der Waals surface area contributed by atoms with Crippen molar-refractivity contribution in [3.05, 3.63) is 0 Å². The fourth-order valence-electron chi connectivity index (χ4n) is 2.38. The molecule has 0 saturated carbocycles. The maximum atomic E-state index is 11.5. The van der Waals surface area contributed by atoms with Crippen LogP contribution in [0.2, 0.25) is 0 Å². The minimum atomic E-state index is -3.14. The summed E-state index contributed by atoms with van der Waals surface area (Å²) in [5.74, 6) is 0.149. The quantitative estimate of drug-likeness (QED) is 0.695. The Hall–Kier alpha value is -0.210. The molecule has 1 saturated heterocycles. The molecule has 7 heteroatoms. The van der Waals surface area contributed by atoms with Gasteiger partial charge in [0.2, 0.25) is 10.0 Å². The highest BCUT2D eigenvalue weighted by Crippen LogP contribution is 2.24. The number of ether oxygens (including phenoxy) is 2. The number of aliphatic hydroxyl groups is 1. The number of nitrogens with zero attached hydrogens (tertiary/aromatic N) is 1. The van der Waals surface area contributed by atoms with Crippen LogP contribution >= 0.6 is 0 Å². The molecule has 1 fully saturated rings. The first-order chi connectivity index (χ1) is 8.38. The van der Waals surface area contributed by atoms with Crippen LogP contribution in [-0.2, 0) is 19.5 Å². The highest BCUT2D eigenvalue weighted by Gasteiger charge is 2.29. The molecular weight excluding hydrogens is 258 g/mol. The molecule has 6 nitrogen and oxygen atoms in total. The van der Waals surface area contributed by atoms with Crippen molar-refractivity contribution in [3.8, 4) is 0 Å². The largest absolute Gasteiger partial charge is 0.388 e. The van der Waals surface area contributed by atoms with Crippen LogP contribution < -0.4 is 0 Å². The molecule has 1 aliphatic heterocycles. The van der Waals surface area contributed by atoms with Crippen LogP contribution in [0.5, 0.6) is 0 Å². The summed E-state index contributed by atoms with van der Waals surface area (Å²) in [5.41, 5.74) is 0. The van der Waals surface area contributed by atoms with Crippen molar-refractivity contribution >= 4 is 10.0 Å². The molecule has 0 aromatic heterocycles. The van der Waals surface area contributed by atoms with E-state index in [-0.39, 0.29) is 5.92 Å². The number of aliphatic hydroxyl groups excluding tert-OH is 1. The monoisotopic (exact) mass is 281 g/mol. The first-order valence-corrected chi connectivity index (χ1v) is 7.92. The summed E-state index contributed by atoms with van der Waals surface area (Å²) >= 11 is 0. The molecule has 0 aliphatic carbocycles. The van der Waals surface area contributed by atoms with E-state index in [1.807, 2.05) is 0 Å². The summed E-state index contributed by atoms with van der Waals surface area (Å²) in [6.45, 7) is 1.04. The third kappa shape index (κ3) is 4.47. The van der Waals surface area contributed by atoms with Gasteiger partial charge in [0.15, 0.2) is 6.29 Å². The third-order valence-corrected chi connectivity index (χ3v) is 4.57. The van der Waals surface area contributed by atoms with E-state index < -0.39 is 22.4 Å². The minimum Gasteiger partial charge on any atom is -0.388 e. The van der Waals surface area contributed by atoms with Crippen LogP contribution in [-0.4, -0.2) is 63.8 Å². The highest BCUT2D eigenvalue weighted by atomic mass is 32.2. The van der Waals surface area contributed by atoms with Crippen LogP contribution in [0.25, 0.3) is 0 Å². The first-order valence-electron chi connectivity index (χ1n) is 6.07. The zero-order chi connectivity index (χ0) is 13.8. The number of piperidine rings is 1. The van der Waals surface area contributed by atoms with E-state index in [9.17, 15) is 13.5 Å². The van der Waals surface area contributed by atoms with E-state index >= 15 is 0 Å². The maximum Gasteiger partial charge on any atom is 0.211 e. The number of methoxy groups -OCH3 is 2. The van der Waals surface area contributed by atoms with Crippen molar-refractivity contribution in [1.82, 2.24) is 4.31 Å². The molecule has 1 N–H and O–H groups in total. The van der Waals surface area contributed by atoms with Crippen molar-refractivity contribution in [2.75, 3.05) is 33.6 Å². The van der Waals surface area contributed by atoms with E-state index in [1.165, 1.54) is 24.8 Å². The lowest BCUT2D eigenvalue weighted by molar-refractivity contribution is -0.169. The van der Waals surface area contributed by atoms with Crippen molar-refractivity contribution in [2.24, 2.45) is 5.92 Å². The smallest absolute Gasteiger partial charge is 0.211 e. The Morgan fingerprint density at radius 3 is 2.50 bits per heavy atom. The Labute approximate surface area is 109 Å². The van der Waals surface area contributed by atoms with Crippen molar-refractivity contribution in [1.29, 1.82) is 0 Å². The minimum absolute atomic E-state index is 0.149. The van der Waals surface area contributed by atoms with Gasteiger partial charge in [0.05, 0.1) is 6.26 Å². The van der Waals surface area contributed by atoms with Crippen molar-refractivity contribution in [2.45, 2.75) is 31.7 Å². The Kier molecular flexibility index (Phi) is 6.00.